The molecule has 33 heavy (non-hydrogen) atoms. The zero-order valence-electron chi connectivity index (χ0n) is 17.3. The highest BCUT2D eigenvalue weighted by Gasteiger charge is 2.39. The van der Waals surface area contributed by atoms with Crippen molar-refractivity contribution >= 4 is 21.6 Å². The molecule has 1 fully saturated rings. The standard InChI is InChI=1S/C21H22F5N3O3S/c22-17-7-6-16(12-18(17)23)33(31,32)29-10-2-5-19(29)20(30)28-13-14-3-1-4-15(11-14)27-9-8-21(24,25)26/h1,3-4,6-7,11-12,19,27H,2,5,8-10,13H2,(H,28,30)/t19-/m0/s1. The third-order valence-electron chi connectivity index (χ3n) is 5.14. The highest BCUT2D eigenvalue weighted by molar-refractivity contribution is 7.89. The Morgan fingerprint density at radius 2 is 1.85 bits per heavy atom. The fourth-order valence-corrected chi connectivity index (χ4v) is 5.18. The van der Waals surface area contributed by atoms with Crippen molar-refractivity contribution < 1.29 is 35.2 Å². The second kappa shape index (κ2) is 10.0. The highest BCUT2D eigenvalue weighted by Crippen LogP contribution is 2.27. The van der Waals surface area contributed by atoms with Crippen LogP contribution < -0.4 is 10.6 Å². The Morgan fingerprint density at radius 3 is 2.55 bits per heavy atom. The topological polar surface area (TPSA) is 78.5 Å². The van der Waals surface area contributed by atoms with Gasteiger partial charge in [0.05, 0.1) is 11.3 Å². The van der Waals surface area contributed by atoms with Gasteiger partial charge in [-0.2, -0.15) is 17.5 Å². The predicted octanol–water partition coefficient (Wildman–Crippen LogP) is 3.80. The Bertz CT molecular complexity index is 1110. The molecule has 0 unspecified atom stereocenters. The summed E-state index contributed by atoms with van der Waals surface area (Å²) < 4.78 is 90.3. The van der Waals surface area contributed by atoms with E-state index in [4.69, 9.17) is 0 Å². The number of benzene rings is 2. The SMILES string of the molecule is O=C(NCc1cccc(NCCC(F)(F)F)c1)[C@@H]1CCCN1S(=O)(=O)c1ccc(F)c(F)c1. The summed E-state index contributed by atoms with van der Waals surface area (Å²) in [7, 11) is -4.22. The molecule has 1 atom stereocenters. The van der Waals surface area contributed by atoms with Gasteiger partial charge in [-0.05, 0) is 48.7 Å². The minimum atomic E-state index is -4.27. The zero-order valence-corrected chi connectivity index (χ0v) is 18.1. The van der Waals surface area contributed by atoms with Gasteiger partial charge in [0.1, 0.15) is 6.04 Å². The lowest BCUT2D eigenvalue weighted by molar-refractivity contribution is -0.131. The molecule has 0 bridgehead atoms. The van der Waals surface area contributed by atoms with E-state index in [1.54, 1.807) is 24.3 Å². The molecule has 0 aromatic heterocycles. The van der Waals surface area contributed by atoms with Gasteiger partial charge in [-0.25, -0.2) is 17.2 Å². The molecular weight excluding hydrogens is 469 g/mol. The molecule has 0 saturated carbocycles. The summed E-state index contributed by atoms with van der Waals surface area (Å²) in [6.07, 6.45) is -4.59. The lowest BCUT2D eigenvalue weighted by Crippen LogP contribution is -2.45. The summed E-state index contributed by atoms with van der Waals surface area (Å²) in [5, 5.41) is 5.30. The van der Waals surface area contributed by atoms with Gasteiger partial charge < -0.3 is 10.6 Å². The van der Waals surface area contributed by atoms with Crippen molar-refractivity contribution in [3.05, 3.63) is 59.7 Å². The van der Waals surface area contributed by atoms with Crippen LogP contribution in [-0.4, -0.2) is 43.9 Å². The normalized spacial score (nSPS) is 17.2. The third-order valence-corrected chi connectivity index (χ3v) is 7.04. The number of halogens is 5. The molecule has 180 valence electrons. The van der Waals surface area contributed by atoms with Crippen LogP contribution in [0.1, 0.15) is 24.8 Å². The number of sulfonamides is 1. The van der Waals surface area contributed by atoms with E-state index < -0.39 is 51.1 Å². The van der Waals surface area contributed by atoms with E-state index >= 15 is 0 Å². The smallest absolute Gasteiger partial charge is 0.385 e. The van der Waals surface area contributed by atoms with Crippen LogP contribution in [0.4, 0.5) is 27.6 Å². The molecule has 0 spiro atoms. The van der Waals surface area contributed by atoms with Crippen LogP contribution in [0.5, 0.6) is 0 Å². The van der Waals surface area contributed by atoms with Crippen molar-refractivity contribution in [2.45, 2.75) is 42.9 Å². The Hall–Kier alpha value is -2.73. The van der Waals surface area contributed by atoms with Gasteiger partial charge in [-0.3, -0.25) is 4.79 Å². The summed E-state index contributed by atoms with van der Waals surface area (Å²) in [5.74, 6) is -3.05. The second-order valence-corrected chi connectivity index (χ2v) is 9.45. The molecule has 1 aliphatic rings. The fourth-order valence-electron chi connectivity index (χ4n) is 3.51. The average molecular weight is 491 g/mol. The Kier molecular flexibility index (Phi) is 7.58. The number of carbonyl (C=O) groups is 1. The molecule has 6 nitrogen and oxygen atoms in total. The van der Waals surface area contributed by atoms with Crippen LogP contribution in [0.15, 0.2) is 47.4 Å². The summed E-state index contributed by atoms with van der Waals surface area (Å²) in [6.45, 7) is -0.209. The maximum atomic E-state index is 13.5. The van der Waals surface area contributed by atoms with Crippen molar-refractivity contribution in [2.24, 2.45) is 0 Å². The fraction of sp³-hybridized carbons (Fsp3) is 0.381. The minimum absolute atomic E-state index is 0.0309. The Morgan fingerprint density at radius 1 is 1.09 bits per heavy atom. The van der Waals surface area contributed by atoms with Gasteiger partial charge >= 0.3 is 6.18 Å². The first kappa shape index (κ1) is 24.9. The first-order chi connectivity index (χ1) is 15.5. The number of rotatable bonds is 8. The molecule has 2 aromatic rings. The second-order valence-electron chi connectivity index (χ2n) is 7.56. The largest absolute Gasteiger partial charge is 0.390 e. The third kappa shape index (κ3) is 6.41. The molecule has 12 heteroatoms. The van der Waals surface area contributed by atoms with E-state index in [1.807, 2.05) is 0 Å². The number of anilines is 1. The molecular formula is C21H22F5N3O3S. The molecule has 2 aromatic carbocycles. The van der Waals surface area contributed by atoms with Gasteiger partial charge in [0.2, 0.25) is 15.9 Å². The summed E-state index contributed by atoms with van der Waals surface area (Å²) in [5.41, 5.74) is 1.06. The van der Waals surface area contributed by atoms with Crippen molar-refractivity contribution in [2.75, 3.05) is 18.4 Å². The van der Waals surface area contributed by atoms with Crippen LogP contribution in [0, 0.1) is 11.6 Å². The van der Waals surface area contributed by atoms with Gasteiger partial charge in [0, 0.05) is 25.3 Å². The van der Waals surface area contributed by atoms with Crippen LogP contribution in [-0.2, 0) is 21.4 Å². The van der Waals surface area contributed by atoms with Crippen LogP contribution in [0.2, 0.25) is 0 Å². The quantitative estimate of drug-likeness (QED) is 0.551. The summed E-state index contributed by atoms with van der Waals surface area (Å²) in [4.78, 5) is 12.3. The number of nitrogens with zero attached hydrogens (tertiary/aromatic N) is 1. The van der Waals surface area contributed by atoms with E-state index in [9.17, 15) is 35.2 Å². The number of hydrogen-bond donors (Lipinski definition) is 2. The molecule has 1 saturated heterocycles. The number of amides is 1. The number of alkyl halides is 3. The van der Waals surface area contributed by atoms with Crippen molar-refractivity contribution in [1.82, 2.24) is 9.62 Å². The predicted molar refractivity (Wildman–Crippen MR) is 111 cm³/mol. The highest BCUT2D eigenvalue weighted by atomic mass is 32.2. The molecule has 1 aliphatic heterocycles. The minimum Gasteiger partial charge on any atom is -0.385 e. The molecule has 0 aliphatic carbocycles. The monoisotopic (exact) mass is 491 g/mol. The van der Waals surface area contributed by atoms with Crippen LogP contribution >= 0.6 is 0 Å². The number of hydrogen-bond acceptors (Lipinski definition) is 4. The van der Waals surface area contributed by atoms with Gasteiger partial charge in [-0.15, -0.1) is 0 Å². The first-order valence-electron chi connectivity index (χ1n) is 10.1. The van der Waals surface area contributed by atoms with Crippen molar-refractivity contribution in [1.29, 1.82) is 0 Å². The maximum absolute atomic E-state index is 13.5. The Labute approximate surface area is 187 Å². The lowest BCUT2D eigenvalue weighted by Gasteiger charge is -2.23. The van der Waals surface area contributed by atoms with Crippen molar-refractivity contribution in [3.8, 4) is 0 Å². The maximum Gasteiger partial charge on any atom is 0.390 e. The van der Waals surface area contributed by atoms with Gasteiger partial charge in [0.15, 0.2) is 11.6 Å². The van der Waals surface area contributed by atoms with E-state index in [-0.39, 0.29) is 26.1 Å². The number of carbonyl (C=O) groups excluding carboxylic acids is 1. The van der Waals surface area contributed by atoms with Crippen LogP contribution in [0.25, 0.3) is 0 Å². The van der Waals surface area contributed by atoms with Gasteiger partial charge in [-0.1, -0.05) is 12.1 Å². The molecule has 1 amide bonds. The lowest BCUT2D eigenvalue weighted by atomic mass is 10.1. The molecule has 0 radical (unpaired) electrons. The zero-order chi connectivity index (χ0) is 24.2. The summed E-state index contributed by atoms with van der Waals surface area (Å²) >= 11 is 0. The first-order valence-corrected chi connectivity index (χ1v) is 11.6. The number of nitrogens with one attached hydrogen (secondary N) is 2. The van der Waals surface area contributed by atoms with E-state index in [2.05, 4.69) is 10.6 Å². The van der Waals surface area contributed by atoms with Crippen LogP contribution in [0.3, 0.4) is 0 Å². The molecule has 3 rings (SSSR count). The molecule has 1 heterocycles. The van der Waals surface area contributed by atoms with E-state index in [0.717, 1.165) is 10.4 Å². The van der Waals surface area contributed by atoms with E-state index in [0.29, 0.717) is 29.8 Å². The van der Waals surface area contributed by atoms with Gasteiger partial charge in [0.25, 0.3) is 0 Å². The Balaban J connectivity index is 1.63. The summed E-state index contributed by atoms with van der Waals surface area (Å²) in [6, 6.07) is 7.68. The molecule has 2 N–H and O–H groups in total. The average Bonchev–Trinajstić information content (AvgIpc) is 3.24. The van der Waals surface area contributed by atoms with Crippen molar-refractivity contribution in [3.63, 3.8) is 0 Å². The van der Waals surface area contributed by atoms with E-state index in [1.165, 1.54) is 0 Å².